The summed E-state index contributed by atoms with van der Waals surface area (Å²) >= 11 is 0. The zero-order chi connectivity index (χ0) is 26.1. The predicted octanol–water partition coefficient (Wildman–Crippen LogP) is 2.96. The fourth-order valence-corrected chi connectivity index (χ4v) is 6.13. The first-order valence-electron chi connectivity index (χ1n) is 11.9. The highest BCUT2D eigenvalue weighted by Gasteiger charge is 2.43. The molecule has 0 aromatic heterocycles. The van der Waals surface area contributed by atoms with Crippen LogP contribution >= 0.6 is 0 Å². The summed E-state index contributed by atoms with van der Waals surface area (Å²) in [5.41, 5.74) is -1.10. The smallest absolute Gasteiger partial charge is 0.340 e. The Morgan fingerprint density at radius 3 is 2.43 bits per heavy atom. The van der Waals surface area contributed by atoms with E-state index < -0.39 is 38.8 Å². The van der Waals surface area contributed by atoms with Crippen LogP contribution in [0.5, 0.6) is 0 Å². The van der Waals surface area contributed by atoms with E-state index in [4.69, 9.17) is 0 Å². The van der Waals surface area contributed by atoms with Gasteiger partial charge in [-0.05, 0) is 58.7 Å². The normalized spacial score (nSPS) is 24.4. The van der Waals surface area contributed by atoms with Crippen LogP contribution in [0.4, 0.5) is 13.2 Å². The van der Waals surface area contributed by atoms with E-state index in [1.54, 1.807) is 18.7 Å². The van der Waals surface area contributed by atoms with Crippen molar-refractivity contribution in [2.45, 2.75) is 70.1 Å². The molecule has 11 heteroatoms. The number of sulfone groups is 1. The molecule has 0 bridgehead atoms. The van der Waals surface area contributed by atoms with E-state index >= 15 is 0 Å². The van der Waals surface area contributed by atoms with Gasteiger partial charge in [0.2, 0.25) is 5.91 Å². The Morgan fingerprint density at radius 1 is 1.14 bits per heavy atom. The number of benzene rings is 1. The minimum atomic E-state index is -4.58. The van der Waals surface area contributed by atoms with E-state index in [2.05, 4.69) is 24.1 Å². The number of carbonyl (C=O) groups excluding carboxylic acids is 2. The lowest BCUT2D eigenvalue weighted by Crippen LogP contribution is -2.56. The maximum atomic E-state index is 13.2. The van der Waals surface area contributed by atoms with E-state index in [0.29, 0.717) is 25.9 Å². The number of hydrogen-bond donors (Lipinski definition) is 1. The molecule has 3 atom stereocenters. The zero-order valence-electron chi connectivity index (χ0n) is 20.5. The second kappa shape index (κ2) is 10.5. The molecule has 1 unspecified atom stereocenters. The molecule has 2 aliphatic heterocycles. The van der Waals surface area contributed by atoms with Crippen molar-refractivity contribution in [3.63, 3.8) is 0 Å². The number of nitrogens with one attached hydrogen (secondary N) is 1. The molecule has 35 heavy (non-hydrogen) atoms. The van der Waals surface area contributed by atoms with Gasteiger partial charge in [-0.25, -0.2) is 8.42 Å². The number of amides is 2. The molecule has 0 radical (unpaired) electrons. The molecule has 2 fully saturated rings. The highest BCUT2D eigenvalue weighted by atomic mass is 32.2. The number of likely N-dealkylation sites (tertiary alicyclic amines) is 2. The molecule has 2 amide bonds. The first kappa shape index (κ1) is 27.4. The van der Waals surface area contributed by atoms with Crippen LogP contribution in [0, 0.1) is 5.92 Å². The Balaban J connectivity index is 1.74. The third kappa shape index (κ3) is 6.35. The van der Waals surface area contributed by atoms with E-state index in [9.17, 15) is 31.2 Å². The standard InChI is InChI=1S/C24H34F3N3O4S/c1-15(2)29-10-9-21(18(13-29)14-35(33,34)16(3)4)30-11-8-20(23(30)32)28-22(31)17-6-5-7-19(12-17)24(25,26)27/h5-7,12,15-16,18,20-21H,8-11,13-14H2,1-4H3,(H,28,31)/t18-,20?,21-/m0/s1. The highest BCUT2D eigenvalue weighted by Crippen LogP contribution is 2.31. The summed E-state index contributed by atoms with van der Waals surface area (Å²) < 4.78 is 64.4. The lowest BCUT2D eigenvalue weighted by Gasteiger charge is -2.44. The molecule has 1 aromatic carbocycles. The third-order valence-corrected chi connectivity index (χ3v) is 9.35. The van der Waals surface area contributed by atoms with Crippen molar-refractivity contribution in [2.24, 2.45) is 5.92 Å². The Morgan fingerprint density at radius 2 is 1.83 bits per heavy atom. The Labute approximate surface area is 205 Å². The van der Waals surface area contributed by atoms with Crippen LogP contribution in [0.3, 0.4) is 0 Å². The van der Waals surface area contributed by atoms with Gasteiger partial charge in [0, 0.05) is 43.2 Å². The predicted molar refractivity (Wildman–Crippen MR) is 127 cm³/mol. The van der Waals surface area contributed by atoms with Crippen LogP contribution in [0.1, 0.15) is 56.5 Å². The van der Waals surface area contributed by atoms with Crippen molar-refractivity contribution in [1.82, 2.24) is 15.1 Å². The van der Waals surface area contributed by atoms with Crippen molar-refractivity contribution < 1.29 is 31.2 Å². The number of hydrogen-bond acceptors (Lipinski definition) is 5. The maximum absolute atomic E-state index is 13.2. The average molecular weight is 518 g/mol. The van der Waals surface area contributed by atoms with Crippen LogP contribution in [0.2, 0.25) is 0 Å². The molecule has 2 aliphatic rings. The van der Waals surface area contributed by atoms with Gasteiger partial charge in [-0.15, -0.1) is 0 Å². The molecule has 2 heterocycles. The monoisotopic (exact) mass is 517 g/mol. The van der Waals surface area contributed by atoms with Gasteiger partial charge in [-0.2, -0.15) is 13.2 Å². The Kier molecular flexibility index (Phi) is 8.20. The molecular weight excluding hydrogens is 483 g/mol. The van der Waals surface area contributed by atoms with E-state index in [0.717, 1.165) is 24.7 Å². The first-order valence-corrected chi connectivity index (χ1v) is 13.7. The molecule has 1 aromatic rings. The van der Waals surface area contributed by atoms with Crippen LogP contribution in [-0.2, 0) is 20.8 Å². The molecule has 0 spiro atoms. The van der Waals surface area contributed by atoms with Gasteiger partial charge in [0.25, 0.3) is 5.91 Å². The highest BCUT2D eigenvalue weighted by molar-refractivity contribution is 7.91. The molecule has 0 aliphatic carbocycles. The fourth-order valence-electron chi connectivity index (χ4n) is 4.83. The van der Waals surface area contributed by atoms with E-state index in [-0.39, 0.29) is 35.2 Å². The molecule has 1 N–H and O–H groups in total. The lowest BCUT2D eigenvalue weighted by atomic mass is 9.91. The van der Waals surface area contributed by atoms with Gasteiger partial charge in [-0.3, -0.25) is 9.59 Å². The van der Waals surface area contributed by atoms with Gasteiger partial charge in [0.05, 0.1) is 16.6 Å². The van der Waals surface area contributed by atoms with Gasteiger partial charge >= 0.3 is 6.18 Å². The number of piperidine rings is 1. The van der Waals surface area contributed by atoms with Gasteiger partial charge < -0.3 is 15.1 Å². The SMILES string of the molecule is CC(C)N1CC[C@H](N2CCC(NC(=O)c3cccc(C(F)(F)F)c3)C2=O)[C@H](CS(=O)(=O)C(C)C)C1. The molecule has 3 rings (SSSR count). The van der Waals surface area contributed by atoms with Crippen molar-refractivity contribution in [2.75, 3.05) is 25.4 Å². The van der Waals surface area contributed by atoms with Crippen LogP contribution < -0.4 is 5.32 Å². The van der Waals surface area contributed by atoms with E-state index in [1.165, 1.54) is 6.07 Å². The molecule has 2 saturated heterocycles. The maximum Gasteiger partial charge on any atom is 0.416 e. The Hall–Kier alpha value is -2.14. The topological polar surface area (TPSA) is 86.8 Å². The van der Waals surface area contributed by atoms with Crippen LogP contribution in [0.15, 0.2) is 24.3 Å². The number of rotatable bonds is 7. The lowest BCUT2D eigenvalue weighted by molar-refractivity contribution is -0.137. The second-order valence-electron chi connectivity index (χ2n) is 10.0. The van der Waals surface area contributed by atoms with Gasteiger partial charge in [0.15, 0.2) is 9.84 Å². The summed E-state index contributed by atoms with van der Waals surface area (Å²) in [4.78, 5) is 29.7. The Bertz CT molecular complexity index is 1040. The average Bonchev–Trinajstić information content (AvgIpc) is 3.12. The summed E-state index contributed by atoms with van der Waals surface area (Å²) in [6, 6.07) is 3.19. The fraction of sp³-hybridized carbons (Fsp3) is 0.667. The molecule has 7 nitrogen and oxygen atoms in total. The molecule has 0 saturated carbocycles. The number of carbonyl (C=O) groups is 2. The largest absolute Gasteiger partial charge is 0.416 e. The number of halogens is 3. The third-order valence-electron chi connectivity index (χ3n) is 7.02. The zero-order valence-corrected chi connectivity index (χ0v) is 21.3. The summed E-state index contributed by atoms with van der Waals surface area (Å²) in [5, 5.41) is 2.05. The minimum Gasteiger partial charge on any atom is -0.340 e. The van der Waals surface area contributed by atoms with Crippen molar-refractivity contribution in [3.05, 3.63) is 35.4 Å². The van der Waals surface area contributed by atoms with Gasteiger partial charge in [-0.1, -0.05) is 6.07 Å². The second-order valence-corrected chi connectivity index (χ2v) is 12.6. The molecular formula is C24H34F3N3O4S. The van der Waals surface area contributed by atoms with Crippen molar-refractivity contribution in [1.29, 1.82) is 0 Å². The summed E-state index contributed by atoms with van der Waals surface area (Å²) in [7, 11) is -3.34. The van der Waals surface area contributed by atoms with Crippen LogP contribution in [0.25, 0.3) is 0 Å². The first-order chi connectivity index (χ1) is 16.2. The summed E-state index contributed by atoms with van der Waals surface area (Å²) in [5.74, 6) is -1.35. The number of alkyl halides is 3. The van der Waals surface area contributed by atoms with Crippen LogP contribution in [-0.4, -0.2) is 78.8 Å². The van der Waals surface area contributed by atoms with Crippen molar-refractivity contribution in [3.8, 4) is 0 Å². The summed E-state index contributed by atoms with van der Waals surface area (Å²) in [6.07, 6.45) is -3.64. The van der Waals surface area contributed by atoms with E-state index in [1.807, 2.05) is 0 Å². The van der Waals surface area contributed by atoms with Crippen molar-refractivity contribution >= 4 is 21.7 Å². The van der Waals surface area contributed by atoms with Gasteiger partial charge in [0.1, 0.15) is 6.04 Å². The number of nitrogens with zero attached hydrogens (tertiary/aromatic N) is 2. The summed E-state index contributed by atoms with van der Waals surface area (Å²) in [6.45, 7) is 9.03. The quantitative estimate of drug-likeness (QED) is 0.601. The molecule has 196 valence electrons. The minimum absolute atomic E-state index is 0.0242.